The van der Waals surface area contributed by atoms with Crippen molar-refractivity contribution in [3.05, 3.63) is 133 Å². The zero-order chi connectivity index (χ0) is 26.9. The Morgan fingerprint density at radius 3 is 1.93 bits per heavy atom. The predicted octanol–water partition coefficient (Wildman–Crippen LogP) is 10.2. The average molecular weight is 527 g/mol. The molecule has 0 bridgehead atoms. The molecule has 0 N–H and O–H groups in total. The van der Waals surface area contributed by atoms with Crippen molar-refractivity contribution in [1.29, 1.82) is 0 Å². The number of aromatic nitrogens is 2. The lowest BCUT2D eigenvalue weighted by Gasteiger charge is -2.10. The quantitative estimate of drug-likeness (QED) is 0.230. The van der Waals surface area contributed by atoms with Gasteiger partial charge in [-0.2, -0.15) is 0 Å². The minimum absolute atomic E-state index is 0.793. The molecule has 6 aromatic carbocycles. The molecule has 0 fully saturated rings. The molecule has 192 valence electrons. The standard InChI is InChI=1S/C37H22N2O2/c1-2-8-26(9-3-1)39-32-12-6-5-11-31(32)38-37(39)24-16-14-23(15-17-24)25-18-21-34-30(22-25)29-20-19-28-27-10-4-7-13-33(27)40-35(28)36(29)41-34/h1-22H. The summed E-state index contributed by atoms with van der Waals surface area (Å²) in [5.41, 5.74) is 9.81. The lowest BCUT2D eigenvalue weighted by molar-refractivity contribution is 0.633. The maximum Gasteiger partial charge on any atom is 0.178 e. The van der Waals surface area contributed by atoms with Crippen LogP contribution in [0.25, 0.3) is 83.1 Å². The van der Waals surface area contributed by atoms with E-state index in [9.17, 15) is 0 Å². The summed E-state index contributed by atoms with van der Waals surface area (Å²) in [5.74, 6) is 0.926. The SMILES string of the molecule is c1ccc(-n2c(-c3ccc(-c4ccc5oc6c(ccc7c8ccccc8oc76)c5c4)cc3)nc3ccccc32)cc1. The number of nitrogens with zero attached hydrogens (tertiary/aromatic N) is 2. The molecule has 0 aliphatic heterocycles. The van der Waals surface area contributed by atoms with Crippen LogP contribution >= 0.6 is 0 Å². The predicted molar refractivity (Wildman–Crippen MR) is 166 cm³/mol. The Bertz CT molecular complexity index is 2410. The Labute approximate surface area is 234 Å². The summed E-state index contributed by atoms with van der Waals surface area (Å²) >= 11 is 0. The zero-order valence-electron chi connectivity index (χ0n) is 21.9. The number of furan rings is 2. The summed E-state index contributed by atoms with van der Waals surface area (Å²) in [6.07, 6.45) is 0. The van der Waals surface area contributed by atoms with E-state index in [2.05, 4.69) is 108 Å². The van der Waals surface area contributed by atoms with Crippen molar-refractivity contribution in [3.63, 3.8) is 0 Å². The fraction of sp³-hybridized carbons (Fsp3) is 0. The Morgan fingerprint density at radius 1 is 0.463 bits per heavy atom. The third-order valence-electron chi connectivity index (χ3n) is 8.03. The molecule has 0 aliphatic rings. The largest absolute Gasteiger partial charge is 0.452 e. The molecule has 4 nitrogen and oxygen atoms in total. The van der Waals surface area contributed by atoms with Gasteiger partial charge in [0.25, 0.3) is 0 Å². The van der Waals surface area contributed by atoms with E-state index in [-0.39, 0.29) is 0 Å². The highest BCUT2D eigenvalue weighted by atomic mass is 16.4. The molecule has 3 aromatic heterocycles. The van der Waals surface area contributed by atoms with Gasteiger partial charge in [0, 0.05) is 32.8 Å². The van der Waals surface area contributed by atoms with Crippen LogP contribution in [0.1, 0.15) is 0 Å². The fourth-order valence-corrected chi connectivity index (χ4v) is 6.07. The van der Waals surface area contributed by atoms with Crippen LogP contribution in [0.2, 0.25) is 0 Å². The molecule has 9 rings (SSSR count). The van der Waals surface area contributed by atoms with E-state index < -0.39 is 0 Å². The molecule has 41 heavy (non-hydrogen) atoms. The van der Waals surface area contributed by atoms with Crippen LogP contribution in [0.5, 0.6) is 0 Å². The van der Waals surface area contributed by atoms with Gasteiger partial charge in [-0.1, -0.05) is 78.9 Å². The van der Waals surface area contributed by atoms with Crippen LogP contribution in [0.15, 0.2) is 142 Å². The van der Waals surface area contributed by atoms with E-state index in [0.29, 0.717) is 0 Å². The van der Waals surface area contributed by atoms with Crippen molar-refractivity contribution >= 4 is 54.9 Å². The molecule has 9 aromatic rings. The minimum atomic E-state index is 0.793. The van der Waals surface area contributed by atoms with Crippen molar-refractivity contribution in [1.82, 2.24) is 9.55 Å². The number of para-hydroxylation sites is 4. The van der Waals surface area contributed by atoms with Crippen molar-refractivity contribution < 1.29 is 8.83 Å². The fourth-order valence-electron chi connectivity index (χ4n) is 6.07. The monoisotopic (exact) mass is 526 g/mol. The maximum absolute atomic E-state index is 6.34. The summed E-state index contributed by atoms with van der Waals surface area (Å²) in [6, 6.07) is 46.1. The van der Waals surface area contributed by atoms with Gasteiger partial charge in [0.15, 0.2) is 11.2 Å². The van der Waals surface area contributed by atoms with E-state index in [1.165, 1.54) is 0 Å². The number of hydrogen-bond donors (Lipinski definition) is 0. The van der Waals surface area contributed by atoms with Crippen LogP contribution in [-0.2, 0) is 0 Å². The second kappa shape index (κ2) is 8.44. The smallest absolute Gasteiger partial charge is 0.178 e. The molecule has 0 saturated carbocycles. The van der Waals surface area contributed by atoms with Crippen LogP contribution in [0.4, 0.5) is 0 Å². The van der Waals surface area contributed by atoms with E-state index in [0.717, 1.165) is 83.1 Å². The molecule has 0 atom stereocenters. The molecule has 0 aliphatic carbocycles. The van der Waals surface area contributed by atoms with E-state index >= 15 is 0 Å². The first-order valence-corrected chi connectivity index (χ1v) is 13.7. The molecule has 0 amide bonds. The van der Waals surface area contributed by atoms with Gasteiger partial charge in [-0.05, 0) is 65.7 Å². The minimum Gasteiger partial charge on any atom is -0.452 e. The first-order valence-electron chi connectivity index (χ1n) is 13.7. The summed E-state index contributed by atoms with van der Waals surface area (Å²) in [4.78, 5) is 5.01. The number of hydrogen-bond acceptors (Lipinski definition) is 3. The average Bonchev–Trinajstić information content (AvgIpc) is 3.72. The highest BCUT2D eigenvalue weighted by molar-refractivity contribution is 6.19. The first-order chi connectivity index (χ1) is 20.3. The third-order valence-corrected chi connectivity index (χ3v) is 8.03. The summed E-state index contributed by atoms with van der Waals surface area (Å²) in [7, 11) is 0. The van der Waals surface area contributed by atoms with Crippen LogP contribution < -0.4 is 0 Å². The Hall–Kier alpha value is -5.61. The van der Waals surface area contributed by atoms with Gasteiger partial charge in [0.1, 0.15) is 17.0 Å². The number of imidazole rings is 1. The molecular formula is C37H22N2O2. The second-order valence-electron chi connectivity index (χ2n) is 10.4. The number of fused-ring (bicyclic) bond motifs is 8. The highest BCUT2D eigenvalue weighted by Gasteiger charge is 2.17. The summed E-state index contributed by atoms with van der Waals surface area (Å²) < 4.78 is 14.8. The van der Waals surface area contributed by atoms with Gasteiger partial charge in [-0.3, -0.25) is 4.57 Å². The lowest BCUT2D eigenvalue weighted by Crippen LogP contribution is -1.97. The van der Waals surface area contributed by atoms with Crippen LogP contribution in [0, 0.1) is 0 Å². The normalized spacial score (nSPS) is 11.9. The van der Waals surface area contributed by atoms with Gasteiger partial charge in [0.05, 0.1) is 11.0 Å². The van der Waals surface area contributed by atoms with Crippen LogP contribution in [-0.4, -0.2) is 9.55 Å². The van der Waals surface area contributed by atoms with Crippen LogP contribution in [0.3, 0.4) is 0 Å². The highest BCUT2D eigenvalue weighted by Crippen LogP contribution is 2.40. The summed E-state index contributed by atoms with van der Waals surface area (Å²) in [6.45, 7) is 0. The molecule has 0 spiro atoms. The molecule has 0 saturated heterocycles. The topological polar surface area (TPSA) is 44.1 Å². The van der Waals surface area contributed by atoms with Gasteiger partial charge >= 0.3 is 0 Å². The molecule has 3 heterocycles. The van der Waals surface area contributed by atoms with E-state index in [1.54, 1.807) is 0 Å². The van der Waals surface area contributed by atoms with Crippen molar-refractivity contribution in [3.8, 4) is 28.2 Å². The molecule has 0 radical (unpaired) electrons. The third kappa shape index (κ3) is 3.31. The maximum atomic E-state index is 6.34. The van der Waals surface area contributed by atoms with Gasteiger partial charge in [0.2, 0.25) is 0 Å². The Kier molecular flexibility index (Phi) is 4.58. The van der Waals surface area contributed by atoms with E-state index in [1.807, 2.05) is 30.3 Å². The van der Waals surface area contributed by atoms with Gasteiger partial charge in [-0.15, -0.1) is 0 Å². The van der Waals surface area contributed by atoms with Crippen molar-refractivity contribution in [2.45, 2.75) is 0 Å². The molecular weight excluding hydrogens is 504 g/mol. The number of benzene rings is 6. The molecule has 0 unspecified atom stereocenters. The lowest BCUT2D eigenvalue weighted by atomic mass is 10.0. The molecule has 4 heteroatoms. The zero-order valence-corrected chi connectivity index (χ0v) is 21.9. The van der Waals surface area contributed by atoms with E-state index in [4.69, 9.17) is 13.8 Å². The second-order valence-corrected chi connectivity index (χ2v) is 10.4. The van der Waals surface area contributed by atoms with Gasteiger partial charge < -0.3 is 8.83 Å². The number of rotatable bonds is 3. The summed E-state index contributed by atoms with van der Waals surface area (Å²) in [5, 5.41) is 4.31. The Morgan fingerprint density at radius 2 is 1.10 bits per heavy atom. The Balaban J connectivity index is 1.16. The first kappa shape index (κ1) is 22.2. The van der Waals surface area contributed by atoms with Gasteiger partial charge in [-0.25, -0.2) is 4.98 Å². The van der Waals surface area contributed by atoms with Crippen molar-refractivity contribution in [2.24, 2.45) is 0 Å². The van der Waals surface area contributed by atoms with Crippen molar-refractivity contribution in [2.75, 3.05) is 0 Å².